The number of amides is 1. The molecule has 0 unspecified atom stereocenters. The van der Waals surface area contributed by atoms with Gasteiger partial charge in [0.2, 0.25) is 5.91 Å². The molecule has 1 aliphatic rings. The fourth-order valence-corrected chi connectivity index (χ4v) is 2.87. The molecule has 0 saturated carbocycles. The number of hydrogen-bond acceptors (Lipinski definition) is 2. The highest BCUT2D eigenvalue weighted by Gasteiger charge is 2.22. The Bertz CT molecular complexity index is 440. The highest BCUT2D eigenvalue weighted by molar-refractivity contribution is 9.10. The Kier molecular flexibility index (Phi) is 4.59. The van der Waals surface area contributed by atoms with E-state index in [0.29, 0.717) is 10.2 Å². The lowest BCUT2D eigenvalue weighted by Gasteiger charge is -2.22. The molecule has 98 valence electrons. The summed E-state index contributed by atoms with van der Waals surface area (Å²) in [6, 6.07) is 2.47. The Balaban J connectivity index is 2.11. The Labute approximate surface area is 118 Å². The fourth-order valence-electron chi connectivity index (χ4n) is 1.97. The molecular weight excluding hydrogens is 323 g/mol. The molecule has 1 heterocycles. The van der Waals surface area contributed by atoms with Gasteiger partial charge in [0, 0.05) is 10.4 Å². The van der Waals surface area contributed by atoms with Crippen LogP contribution in [0.1, 0.15) is 12.8 Å². The molecule has 2 N–H and O–H groups in total. The van der Waals surface area contributed by atoms with Gasteiger partial charge in [-0.1, -0.05) is 11.6 Å². The van der Waals surface area contributed by atoms with Gasteiger partial charge >= 0.3 is 0 Å². The lowest BCUT2D eigenvalue weighted by atomic mass is 9.97. The molecule has 1 saturated heterocycles. The van der Waals surface area contributed by atoms with Crippen molar-refractivity contribution in [1.29, 1.82) is 0 Å². The van der Waals surface area contributed by atoms with E-state index in [-0.39, 0.29) is 16.8 Å². The molecule has 1 amide bonds. The summed E-state index contributed by atoms with van der Waals surface area (Å²) in [6.07, 6.45) is 1.62. The van der Waals surface area contributed by atoms with E-state index >= 15 is 0 Å². The normalized spacial score (nSPS) is 16.6. The molecule has 1 aliphatic heterocycles. The summed E-state index contributed by atoms with van der Waals surface area (Å²) in [5, 5.41) is 6.16. The van der Waals surface area contributed by atoms with Gasteiger partial charge in [-0.3, -0.25) is 4.79 Å². The maximum atomic E-state index is 13.1. The van der Waals surface area contributed by atoms with Crippen LogP contribution in [0.4, 0.5) is 10.1 Å². The van der Waals surface area contributed by atoms with E-state index in [4.69, 9.17) is 11.6 Å². The number of carbonyl (C=O) groups excluding carboxylic acids is 1. The van der Waals surface area contributed by atoms with Gasteiger partial charge in [-0.25, -0.2) is 4.39 Å². The van der Waals surface area contributed by atoms with Gasteiger partial charge in [-0.2, -0.15) is 0 Å². The molecule has 2 rings (SSSR count). The van der Waals surface area contributed by atoms with Gasteiger partial charge in [0.25, 0.3) is 0 Å². The zero-order valence-electron chi connectivity index (χ0n) is 9.60. The van der Waals surface area contributed by atoms with Crippen molar-refractivity contribution in [2.24, 2.45) is 5.92 Å². The number of hydrogen-bond donors (Lipinski definition) is 2. The predicted molar refractivity (Wildman–Crippen MR) is 73.3 cm³/mol. The predicted octanol–water partition coefficient (Wildman–Crippen LogP) is 3.18. The van der Waals surface area contributed by atoms with Gasteiger partial charge < -0.3 is 10.6 Å². The number of piperidine rings is 1. The van der Waals surface area contributed by atoms with Crippen molar-refractivity contribution in [1.82, 2.24) is 5.32 Å². The van der Waals surface area contributed by atoms with Gasteiger partial charge in [-0.05, 0) is 54.0 Å². The summed E-state index contributed by atoms with van der Waals surface area (Å²) in [6.45, 7) is 1.69. The Hall–Kier alpha value is -0.650. The largest absolute Gasteiger partial charge is 0.324 e. The second kappa shape index (κ2) is 5.99. The van der Waals surface area contributed by atoms with E-state index in [1.807, 2.05) is 0 Å². The first-order valence-electron chi connectivity index (χ1n) is 5.74. The quantitative estimate of drug-likeness (QED) is 0.871. The first kappa shape index (κ1) is 13.8. The highest BCUT2D eigenvalue weighted by atomic mass is 79.9. The molecule has 18 heavy (non-hydrogen) atoms. The Morgan fingerprint density at radius 3 is 2.72 bits per heavy atom. The second-order valence-corrected chi connectivity index (χ2v) is 5.52. The van der Waals surface area contributed by atoms with Crippen LogP contribution in [0.25, 0.3) is 0 Å². The van der Waals surface area contributed by atoms with Crippen molar-refractivity contribution >= 4 is 39.1 Å². The second-order valence-electron chi connectivity index (χ2n) is 4.26. The van der Waals surface area contributed by atoms with Crippen molar-refractivity contribution in [2.45, 2.75) is 12.8 Å². The van der Waals surface area contributed by atoms with Crippen LogP contribution in [0, 0.1) is 11.7 Å². The summed E-state index contributed by atoms with van der Waals surface area (Å²) in [7, 11) is 0. The Morgan fingerprint density at radius 1 is 1.44 bits per heavy atom. The van der Waals surface area contributed by atoms with Crippen molar-refractivity contribution < 1.29 is 9.18 Å². The van der Waals surface area contributed by atoms with Crippen LogP contribution in [0.15, 0.2) is 16.6 Å². The van der Waals surface area contributed by atoms with Gasteiger partial charge in [0.05, 0.1) is 10.7 Å². The summed E-state index contributed by atoms with van der Waals surface area (Å²) in [4.78, 5) is 12.0. The number of halogens is 3. The average Bonchev–Trinajstić information content (AvgIpc) is 2.34. The van der Waals surface area contributed by atoms with Crippen LogP contribution >= 0.6 is 27.5 Å². The lowest BCUT2D eigenvalue weighted by molar-refractivity contribution is -0.120. The third-order valence-corrected chi connectivity index (χ3v) is 3.89. The summed E-state index contributed by atoms with van der Waals surface area (Å²) >= 11 is 9.12. The highest BCUT2D eigenvalue weighted by Crippen LogP contribution is 2.32. The molecule has 0 aromatic heterocycles. The maximum Gasteiger partial charge on any atom is 0.227 e. The van der Waals surface area contributed by atoms with Crippen LogP contribution in [0.2, 0.25) is 5.02 Å². The van der Waals surface area contributed by atoms with Crippen molar-refractivity contribution in [3.05, 3.63) is 27.4 Å². The number of rotatable bonds is 2. The molecule has 1 aromatic rings. The molecule has 0 spiro atoms. The summed E-state index contributed by atoms with van der Waals surface area (Å²) < 4.78 is 13.5. The van der Waals surface area contributed by atoms with E-state index in [1.165, 1.54) is 12.1 Å². The van der Waals surface area contributed by atoms with Crippen LogP contribution in [-0.2, 0) is 4.79 Å². The molecular formula is C12H13BrClFN2O. The number of carbonyl (C=O) groups is 1. The first-order valence-corrected chi connectivity index (χ1v) is 6.91. The summed E-state index contributed by atoms with van der Waals surface area (Å²) in [5.41, 5.74) is 0.432. The molecule has 3 nitrogen and oxygen atoms in total. The molecule has 0 bridgehead atoms. The van der Waals surface area contributed by atoms with Crippen LogP contribution in [-0.4, -0.2) is 19.0 Å². The zero-order valence-corrected chi connectivity index (χ0v) is 11.9. The summed E-state index contributed by atoms with van der Waals surface area (Å²) in [5.74, 6) is -0.517. The van der Waals surface area contributed by atoms with Gasteiger partial charge in [0.15, 0.2) is 0 Å². The fraction of sp³-hybridized carbons (Fsp3) is 0.417. The van der Waals surface area contributed by atoms with Gasteiger partial charge in [-0.15, -0.1) is 0 Å². The standard InChI is InChI=1S/C12H13BrClFN2O/c13-9-5-8(15)6-10(14)11(9)17-12(18)7-1-3-16-4-2-7/h5-7,16H,1-4H2,(H,17,18). The van der Waals surface area contributed by atoms with E-state index in [0.717, 1.165) is 25.9 Å². The number of benzene rings is 1. The zero-order chi connectivity index (χ0) is 13.1. The molecule has 0 atom stereocenters. The topological polar surface area (TPSA) is 41.1 Å². The number of anilines is 1. The average molecular weight is 336 g/mol. The third-order valence-electron chi connectivity index (χ3n) is 2.97. The molecule has 6 heteroatoms. The SMILES string of the molecule is O=C(Nc1c(Cl)cc(F)cc1Br)C1CCNCC1. The first-order chi connectivity index (χ1) is 8.58. The van der Waals surface area contributed by atoms with Crippen molar-refractivity contribution in [3.8, 4) is 0 Å². The molecule has 0 radical (unpaired) electrons. The van der Waals surface area contributed by atoms with E-state index in [1.54, 1.807) is 0 Å². The van der Waals surface area contributed by atoms with E-state index in [2.05, 4.69) is 26.6 Å². The minimum Gasteiger partial charge on any atom is -0.324 e. The van der Waals surface area contributed by atoms with Crippen molar-refractivity contribution in [3.63, 3.8) is 0 Å². The molecule has 0 aliphatic carbocycles. The van der Waals surface area contributed by atoms with E-state index < -0.39 is 5.82 Å². The van der Waals surface area contributed by atoms with Crippen LogP contribution < -0.4 is 10.6 Å². The molecule has 1 aromatic carbocycles. The maximum absolute atomic E-state index is 13.1. The third kappa shape index (κ3) is 3.22. The monoisotopic (exact) mass is 334 g/mol. The van der Waals surface area contributed by atoms with Crippen LogP contribution in [0.5, 0.6) is 0 Å². The van der Waals surface area contributed by atoms with Crippen molar-refractivity contribution in [2.75, 3.05) is 18.4 Å². The molecule has 1 fully saturated rings. The minimum absolute atomic E-state index is 0.0146. The Morgan fingerprint density at radius 2 is 2.11 bits per heavy atom. The lowest BCUT2D eigenvalue weighted by Crippen LogP contribution is -2.34. The smallest absolute Gasteiger partial charge is 0.227 e. The minimum atomic E-state index is -0.438. The van der Waals surface area contributed by atoms with Crippen LogP contribution in [0.3, 0.4) is 0 Å². The number of nitrogens with one attached hydrogen (secondary N) is 2. The van der Waals surface area contributed by atoms with E-state index in [9.17, 15) is 9.18 Å². The van der Waals surface area contributed by atoms with Gasteiger partial charge in [0.1, 0.15) is 5.82 Å².